The van der Waals surface area contributed by atoms with E-state index in [9.17, 15) is 5.11 Å². The van der Waals surface area contributed by atoms with Crippen LogP contribution in [-0.4, -0.2) is 10.7 Å². The van der Waals surface area contributed by atoms with Gasteiger partial charge in [0.05, 0.1) is 5.60 Å². The highest BCUT2D eigenvalue weighted by Crippen LogP contribution is 2.65. The van der Waals surface area contributed by atoms with Crippen molar-refractivity contribution in [3.63, 3.8) is 0 Å². The van der Waals surface area contributed by atoms with Crippen LogP contribution in [0.25, 0.3) is 0 Å². The van der Waals surface area contributed by atoms with E-state index >= 15 is 0 Å². The Labute approximate surface area is 102 Å². The van der Waals surface area contributed by atoms with Gasteiger partial charge in [-0.15, -0.1) is 0 Å². The number of hydrogen-bond donors (Lipinski definition) is 1. The minimum atomic E-state index is -0.583. The molecule has 1 aliphatic carbocycles. The van der Waals surface area contributed by atoms with E-state index in [4.69, 9.17) is 0 Å². The molecule has 1 rings (SSSR count). The largest absolute Gasteiger partial charge is 0.390 e. The SMILES string of the molecule is CC(C)C(C)CC1(C(C)(C)C(C)(C)O)CC1. The van der Waals surface area contributed by atoms with Gasteiger partial charge in [-0.1, -0.05) is 34.6 Å². The number of rotatable bonds is 5. The average Bonchev–Trinajstić information content (AvgIpc) is 2.83. The van der Waals surface area contributed by atoms with Gasteiger partial charge in [0.25, 0.3) is 0 Å². The first-order valence-corrected chi connectivity index (χ1v) is 6.76. The molecule has 1 N–H and O–H groups in total. The number of aliphatic hydroxyl groups is 1. The zero-order chi connectivity index (χ0) is 12.8. The van der Waals surface area contributed by atoms with Crippen LogP contribution < -0.4 is 0 Å². The molecule has 0 amide bonds. The van der Waals surface area contributed by atoms with Gasteiger partial charge in [0, 0.05) is 0 Å². The maximum Gasteiger partial charge on any atom is 0.0647 e. The Morgan fingerprint density at radius 3 is 1.75 bits per heavy atom. The summed E-state index contributed by atoms with van der Waals surface area (Å²) in [7, 11) is 0. The van der Waals surface area contributed by atoms with Crippen molar-refractivity contribution >= 4 is 0 Å². The van der Waals surface area contributed by atoms with Gasteiger partial charge < -0.3 is 5.11 Å². The smallest absolute Gasteiger partial charge is 0.0647 e. The van der Waals surface area contributed by atoms with E-state index < -0.39 is 5.60 Å². The predicted octanol–water partition coefficient (Wildman–Crippen LogP) is 4.25. The van der Waals surface area contributed by atoms with Crippen LogP contribution in [0.1, 0.15) is 67.7 Å². The second-order valence-electron chi connectivity index (χ2n) is 7.39. The summed E-state index contributed by atoms with van der Waals surface area (Å²) in [6.07, 6.45) is 3.85. The molecule has 0 saturated heterocycles. The maximum absolute atomic E-state index is 10.4. The van der Waals surface area contributed by atoms with E-state index in [1.54, 1.807) is 0 Å². The molecule has 1 fully saturated rings. The van der Waals surface area contributed by atoms with Crippen LogP contribution in [0.4, 0.5) is 0 Å². The minimum Gasteiger partial charge on any atom is -0.390 e. The Morgan fingerprint density at radius 1 is 1.06 bits per heavy atom. The zero-order valence-corrected chi connectivity index (χ0v) is 12.2. The van der Waals surface area contributed by atoms with E-state index in [1.807, 2.05) is 13.8 Å². The average molecular weight is 226 g/mol. The lowest BCUT2D eigenvalue weighted by Crippen LogP contribution is -2.46. The van der Waals surface area contributed by atoms with Crippen molar-refractivity contribution in [1.82, 2.24) is 0 Å². The lowest BCUT2D eigenvalue weighted by atomic mass is 9.62. The van der Waals surface area contributed by atoms with E-state index in [0.717, 1.165) is 11.8 Å². The number of hydrogen-bond acceptors (Lipinski definition) is 1. The first kappa shape index (κ1) is 14.0. The van der Waals surface area contributed by atoms with Gasteiger partial charge in [0.15, 0.2) is 0 Å². The summed E-state index contributed by atoms with van der Waals surface area (Å²) in [4.78, 5) is 0. The van der Waals surface area contributed by atoms with Crippen molar-refractivity contribution in [2.45, 2.75) is 73.3 Å². The summed E-state index contributed by atoms with van der Waals surface area (Å²) in [6.45, 7) is 15.4. The molecular formula is C15H30O. The van der Waals surface area contributed by atoms with Gasteiger partial charge in [-0.3, -0.25) is 0 Å². The Hall–Kier alpha value is -0.0400. The molecule has 0 bridgehead atoms. The van der Waals surface area contributed by atoms with Crippen LogP contribution >= 0.6 is 0 Å². The quantitative estimate of drug-likeness (QED) is 0.743. The van der Waals surface area contributed by atoms with Gasteiger partial charge in [-0.05, 0) is 55.8 Å². The molecule has 16 heavy (non-hydrogen) atoms. The molecule has 1 atom stereocenters. The van der Waals surface area contributed by atoms with Crippen molar-refractivity contribution in [3.05, 3.63) is 0 Å². The summed E-state index contributed by atoms with van der Waals surface area (Å²) in [6, 6.07) is 0. The van der Waals surface area contributed by atoms with E-state index in [2.05, 4.69) is 34.6 Å². The molecular weight excluding hydrogens is 196 g/mol. The third kappa shape index (κ3) is 2.30. The van der Waals surface area contributed by atoms with Crippen LogP contribution in [0.15, 0.2) is 0 Å². The van der Waals surface area contributed by atoms with Crippen molar-refractivity contribution in [1.29, 1.82) is 0 Å². The fourth-order valence-electron chi connectivity index (χ4n) is 2.74. The molecule has 0 aliphatic heterocycles. The third-order valence-corrected chi connectivity index (χ3v) is 5.56. The first-order valence-electron chi connectivity index (χ1n) is 6.76. The van der Waals surface area contributed by atoms with Crippen LogP contribution in [0, 0.1) is 22.7 Å². The summed E-state index contributed by atoms with van der Waals surface area (Å²) >= 11 is 0. The molecule has 1 heteroatoms. The molecule has 0 aromatic rings. The molecule has 1 saturated carbocycles. The molecule has 0 spiro atoms. The third-order valence-electron chi connectivity index (χ3n) is 5.56. The second kappa shape index (κ2) is 4.01. The summed E-state index contributed by atoms with van der Waals surface area (Å²) in [5.41, 5.74) is -0.182. The fourth-order valence-corrected chi connectivity index (χ4v) is 2.74. The van der Waals surface area contributed by atoms with Crippen LogP contribution in [0.2, 0.25) is 0 Å². The van der Waals surface area contributed by atoms with Gasteiger partial charge in [-0.25, -0.2) is 0 Å². The topological polar surface area (TPSA) is 20.2 Å². The Kier molecular flexibility index (Phi) is 3.52. The maximum atomic E-state index is 10.4. The normalized spacial score (nSPS) is 22.3. The fraction of sp³-hybridized carbons (Fsp3) is 1.00. The minimum absolute atomic E-state index is 0.0170. The van der Waals surface area contributed by atoms with Gasteiger partial charge in [0.1, 0.15) is 0 Å². The summed E-state index contributed by atoms with van der Waals surface area (Å²) in [5, 5.41) is 10.4. The van der Waals surface area contributed by atoms with E-state index in [-0.39, 0.29) is 5.41 Å². The van der Waals surface area contributed by atoms with Gasteiger partial charge in [-0.2, -0.15) is 0 Å². The van der Waals surface area contributed by atoms with Crippen molar-refractivity contribution in [2.24, 2.45) is 22.7 Å². The van der Waals surface area contributed by atoms with Crippen LogP contribution in [-0.2, 0) is 0 Å². The van der Waals surface area contributed by atoms with Crippen molar-refractivity contribution < 1.29 is 5.11 Å². The molecule has 0 heterocycles. The van der Waals surface area contributed by atoms with Crippen LogP contribution in [0.5, 0.6) is 0 Å². The molecule has 96 valence electrons. The highest BCUT2D eigenvalue weighted by molar-refractivity contribution is 5.09. The highest BCUT2D eigenvalue weighted by atomic mass is 16.3. The molecule has 1 aliphatic rings. The standard InChI is InChI=1S/C15H30O/c1-11(2)12(3)10-15(8-9-15)13(4,5)14(6,7)16/h11-12,16H,8-10H2,1-7H3. The zero-order valence-electron chi connectivity index (χ0n) is 12.2. The van der Waals surface area contributed by atoms with E-state index in [0.29, 0.717) is 5.41 Å². The van der Waals surface area contributed by atoms with Crippen molar-refractivity contribution in [2.75, 3.05) is 0 Å². The first-order chi connectivity index (χ1) is 7.03. The molecule has 0 radical (unpaired) electrons. The van der Waals surface area contributed by atoms with Gasteiger partial charge >= 0.3 is 0 Å². The Bertz CT molecular complexity index is 241. The summed E-state index contributed by atoms with van der Waals surface area (Å²) in [5.74, 6) is 1.50. The Morgan fingerprint density at radius 2 is 1.50 bits per heavy atom. The molecule has 0 aromatic heterocycles. The molecule has 0 aromatic carbocycles. The predicted molar refractivity (Wildman–Crippen MR) is 70.4 cm³/mol. The van der Waals surface area contributed by atoms with Gasteiger partial charge in [0.2, 0.25) is 0 Å². The lowest BCUT2D eigenvalue weighted by Gasteiger charge is -2.46. The lowest BCUT2D eigenvalue weighted by molar-refractivity contribution is -0.0850. The molecule has 1 nitrogen and oxygen atoms in total. The summed E-state index contributed by atoms with van der Waals surface area (Å²) < 4.78 is 0. The highest BCUT2D eigenvalue weighted by Gasteiger charge is 2.59. The van der Waals surface area contributed by atoms with Crippen LogP contribution in [0.3, 0.4) is 0 Å². The van der Waals surface area contributed by atoms with Crippen molar-refractivity contribution in [3.8, 4) is 0 Å². The van der Waals surface area contributed by atoms with E-state index in [1.165, 1.54) is 19.3 Å². The monoisotopic (exact) mass is 226 g/mol. The molecule has 1 unspecified atom stereocenters. The Balaban J connectivity index is 2.79. The second-order valence-corrected chi connectivity index (χ2v) is 7.39.